The van der Waals surface area contributed by atoms with E-state index in [4.69, 9.17) is 4.74 Å². The maximum atomic E-state index is 13.2. The molecule has 2 rings (SSSR count). The lowest BCUT2D eigenvalue weighted by molar-refractivity contribution is -0.140. The molecule has 2 atom stereocenters. The Balaban J connectivity index is 2.62. The number of rotatable bonds is 4. The van der Waals surface area contributed by atoms with Crippen molar-refractivity contribution in [1.82, 2.24) is 10.6 Å². The molecule has 1 aliphatic heterocycles. The standard InChI is InChI=1S/C16H19FN2O4/c1-9(2)13-12(15(21)23-3)14(19-16(22,8-20)18-13)10-4-6-11(17)7-5-10/h4-9,14,18-19,22H,1-3H3. The zero-order valence-corrected chi connectivity index (χ0v) is 13.1. The number of halogens is 1. The third-order valence-electron chi connectivity index (χ3n) is 3.63. The van der Waals surface area contributed by atoms with Gasteiger partial charge in [-0.25, -0.2) is 9.18 Å². The van der Waals surface area contributed by atoms with Gasteiger partial charge in [-0.3, -0.25) is 10.1 Å². The minimum Gasteiger partial charge on any atom is -0.466 e. The van der Waals surface area contributed by atoms with Gasteiger partial charge in [0.2, 0.25) is 0 Å². The third kappa shape index (κ3) is 3.40. The van der Waals surface area contributed by atoms with E-state index in [-0.39, 0.29) is 11.5 Å². The third-order valence-corrected chi connectivity index (χ3v) is 3.63. The first-order chi connectivity index (χ1) is 10.8. The highest BCUT2D eigenvalue weighted by Crippen LogP contribution is 2.32. The summed E-state index contributed by atoms with van der Waals surface area (Å²) in [4.78, 5) is 23.5. The molecular formula is C16H19FN2O4. The Labute approximate surface area is 133 Å². The maximum absolute atomic E-state index is 13.2. The highest BCUT2D eigenvalue weighted by atomic mass is 19.1. The summed E-state index contributed by atoms with van der Waals surface area (Å²) in [6.45, 7) is 3.62. The number of aliphatic hydroxyl groups is 1. The van der Waals surface area contributed by atoms with E-state index in [1.807, 2.05) is 13.8 Å². The van der Waals surface area contributed by atoms with Gasteiger partial charge in [0.15, 0.2) is 6.29 Å². The van der Waals surface area contributed by atoms with Gasteiger partial charge < -0.3 is 15.2 Å². The molecule has 1 aromatic rings. The summed E-state index contributed by atoms with van der Waals surface area (Å²) < 4.78 is 18.0. The molecule has 0 spiro atoms. The van der Waals surface area contributed by atoms with Crippen molar-refractivity contribution in [3.63, 3.8) is 0 Å². The van der Waals surface area contributed by atoms with Crippen molar-refractivity contribution >= 4 is 12.3 Å². The molecule has 1 aliphatic rings. The fourth-order valence-electron chi connectivity index (χ4n) is 2.52. The quantitative estimate of drug-likeness (QED) is 0.566. The molecule has 0 amide bonds. The summed E-state index contributed by atoms with van der Waals surface area (Å²) in [6, 6.07) is 4.61. The van der Waals surface area contributed by atoms with Crippen molar-refractivity contribution in [2.24, 2.45) is 5.92 Å². The molecule has 0 aromatic heterocycles. The summed E-state index contributed by atoms with van der Waals surface area (Å²) in [6.07, 6.45) is 0.306. The largest absolute Gasteiger partial charge is 0.466 e. The van der Waals surface area contributed by atoms with Crippen LogP contribution in [-0.2, 0) is 14.3 Å². The van der Waals surface area contributed by atoms with Crippen molar-refractivity contribution in [2.45, 2.75) is 25.7 Å². The Morgan fingerprint density at radius 2 is 2.00 bits per heavy atom. The SMILES string of the molecule is COC(=O)C1=C(C(C)C)NC(O)(C=O)NC1c1ccc(F)cc1. The number of carbonyl (C=O) groups excluding carboxylic acids is 2. The highest BCUT2D eigenvalue weighted by molar-refractivity contribution is 5.91. The van der Waals surface area contributed by atoms with Crippen LogP contribution >= 0.6 is 0 Å². The highest BCUT2D eigenvalue weighted by Gasteiger charge is 2.42. The number of allylic oxidation sites excluding steroid dienone is 1. The van der Waals surface area contributed by atoms with Gasteiger partial charge in [0.1, 0.15) is 5.82 Å². The van der Waals surface area contributed by atoms with E-state index in [1.165, 1.54) is 31.4 Å². The average molecular weight is 322 g/mol. The smallest absolute Gasteiger partial charge is 0.337 e. The molecule has 6 nitrogen and oxygen atoms in total. The van der Waals surface area contributed by atoms with Gasteiger partial charge in [-0.1, -0.05) is 26.0 Å². The van der Waals surface area contributed by atoms with Crippen LogP contribution in [0.4, 0.5) is 4.39 Å². The lowest BCUT2D eigenvalue weighted by atomic mass is 9.90. The summed E-state index contributed by atoms with van der Waals surface area (Å²) in [5, 5.41) is 15.6. The number of methoxy groups -OCH3 is 1. The minimum atomic E-state index is -2.03. The summed E-state index contributed by atoms with van der Waals surface area (Å²) in [7, 11) is 1.25. The number of esters is 1. The van der Waals surface area contributed by atoms with Crippen LogP contribution in [0.3, 0.4) is 0 Å². The maximum Gasteiger partial charge on any atom is 0.337 e. The van der Waals surface area contributed by atoms with Gasteiger partial charge in [0.25, 0.3) is 5.85 Å². The zero-order chi connectivity index (χ0) is 17.2. The van der Waals surface area contributed by atoms with Crippen LogP contribution in [0.25, 0.3) is 0 Å². The molecule has 1 heterocycles. The molecule has 3 N–H and O–H groups in total. The number of hydrogen-bond acceptors (Lipinski definition) is 6. The first-order valence-electron chi connectivity index (χ1n) is 7.13. The first-order valence-corrected chi connectivity index (χ1v) is 7.13. The van der Waals surface area contributed by atoms with Gasteiger partial charge in [-0.2, -0.15) is 0 Å². The van der Waals surface area contributed by atoms with Crippen LogP contribution in [0.2, 0.25) is 0 Å². The lowest BCUT2D eigenvalue weighted by Crippen LogP contribution is -2.63. The van der Waals surface area contributed by atoms with Crippen molar-refractivity contribution < 1.29 is 23.8 Å². The van der Waals surface area contributed by atoms with Crippen molar-refractivity contribution in [2.75, 3.05) is 7.11 Å². The Bertz CT molecular complexity index is 642. The number of aldehydes is 1. The fraction of sp³-hybridized carbons (Fsp3) is 0.375. The van der Waals surface area contributed by atoms with E-state index < -0.39 is 23.7 Å². The zero-order valence-electron chi connectivity index (χ0n) is 13.1. The molecule has 0 saturated heterocycles. The van der Waals surface area contributed by atoms with Crippen LogP contribution in [-0.4, -0.2) is 30.3 Å². The predicted molar refractivity (Wildman–Crippen MR) is 80.3 cm³/mol. The number of ether oxygens (including phenoxy) is 1. The molecule has 23 heavy (non-hydrogen) atoms. The fourth-order valence-corrected chi connectivity index (χ4v) is 2.52. The van der Waals surface area contributed by atoms with Gasteiger partial charge in [-0.15, -0.1) is 0 Å². The summed E-state index contributed by atoms with van der Waals surface area (Å²) in [5.74, 6) is -3.24. The number of hydrogen-bond donors (Lipinski definition) is 3. The molecule has 0 fully saturated rings. The first kappa shape index (κ1) is 17.1. The van der Waals surface area contributed by atoms with Gasteiger partial charge in [-0.05, 0) is 23.6 Å². The van der Waals surface area contributed by atoms with E-state index in [1.54, 1.807) is 0 Å². The summed E-state index contributed by atoms with van der Waals surface area (Å²) >= 11 is 0. The van der Waals surface area contributed by atoms with Crippen LogP contribution in [0.15, 0.2) is 35.5 Å². The van der Waals surface area contributed by atoms with Crippen LogP contribution in [0.1, 0.15) is 25.5 Å². The molecule has 7 heteroatoms. The van der Waals surface area contributed by atoms with E-state index in [9.17, 15) is 19.1 Å². The predicted octanol–water partition coefficient (Wildman–Crippen LogP) is 0.988. The molecule has 2 unspecified atom stereocenters. The van der Waals surface area contributed by atoms with Crippen molar-refractivity contribution in [3.05, 3.63) is 46.9 Å². The monoisotopic (exact) mass is 322 g/mol. The van der Waals surface area contributed by atoms with Gasteiger partial charge >= 0.3 is 5.97 Å². The van der Waals surface area contributed by atoms with Crippen molar-refractivity contribution in [3.8, 4) is 0 Å². The molecule has 1 aromatic carbocycles. The second-order valence-electron chi connectivity index (χ2n) is 5.61. The molecule has 124 valence electrons. The molecule has 0 bridgehead atoms. The topological polar surface area (TPSA) is 87.7 Å². The average Bonchev–Trinajstić information content (AvgIpc) is 2.54. The molecule has 0 saturated carbocycles. The van der Waals surface area contributed by atoms with Gasteiger partial charge in [0.05, 0.1) is 18.7 Å². The molecular weight excluding hydrogens is 303 g/mol. The normalized spacial score (nSPS) is 24.3. The van der Waals surface area contributed by atoms with Crippen molar-refractivity contribution in [1.29, 1.82) is 0 Å². The molecule has 0 aliphatic carbocycles. The Kier molecular flexibility index (Phi) is 4.82. The number of nitrogens with one attached hydrogen (secondary N) is 2. The van der Waals surface area contributed by atoms with E-state index in [0.717, 1.165) is 0 Å². The second kappa shape index (κ2) is 6.47. The Morgan fingerprint density at radius 3 is 2.48 bits per heavy atom. The summed E-state index contributed by atoms with van der Waals surface area (Å²) in [5.41, 5.74) is 1.15. The van der Waals surface area contributed by atoms with Gasteiger partial charge in [0, 0.05) is 5.70 Å². The molecule has 0 radical (unpaired) electrons. The van der Waals surface area contributed by atoms with E-state index in [0.29, 0.717) is 17.5 Å². The Morgan fingerprint density at radius 1 is 1.39 bits per heavy atom. The van der Waals surface area contributed by atoms with E-state index in [2.05, 4.69) is 10.6 Å². The number of benzene rings is 1. The lowest BCUT2D eigenvalue weighted by Gasteiger charge is -2.39. The van der Waals surface area contributed by atoms with E-state index >= 15 is 0 Å². The number of carbonyl (C=O) groups is 2. The van der Waals surface area contributed by atoms with Crippen LogP contribution in [0, 0.1) is 11.7 Å². The Hall–Kier alpha value is -2.25. The van der Waals surface area contributed by atoms with Crippen LogP contribution < -0.4 is 10.6 Å². The van der Waals surface area contributed by atoms with Crippen LogP contribution in [0.5, 0.6) is 0 Å². The second-order valence-corrected chi connectivity index (χ2v) is 5.61. The minimum absolute atomic E-state index is 0.180.